The van der Waals surface area contributed by atoms with Crippen LogP contribution in [0.5, 0.6) is 0 Å². The van der Waals surface area contributed by atoms with Crippen molar-refractivity contribution in [3.63, 3.8) is 0 Å². The van der Waals surface area contributed by atoms with Crippen LogP contribution in [-0.2, 0) is 0 Å². The molecule has 5 rings (SSSR count). The first-order valence-corrected chi connectivity index (χ1v) is 12.1. The molecule has 0 radical (unpaired) electrons. The van der Waals surface area contributed by atoms with Gasteiger partial charge in [-0.3, -0.25) is 0 Å². The molecule has 0 amide bonds. The van der Waals surface area contributed by atoms with Crippen LogP contribution in [-0.4, -0.2) is 0 Å². The number of fused-ring (bicyclic) bond motifs is 6. The van der Waals surface area contributed by atoms with Crippen molar-refractivity contribution in [1.29, 1.82) is 0 Å². The number of hydrogen-bond donors (Lipinski definition) is 0. The second-order valence-corrected chi connectivity index (χ2v) is 11.0. The fraction of sp³-hybridized carbons (Fsp3) is 0.714. The van der Waals surface area contributed by atoms with E-state index in [1.807, 2.05) is 19.4 Å². The van der Waals surface area contributed by atoms with Crippen LogP contribution in [0.1, 0.15) is 92.4 Å². The van der Waals surface area contributed by atoms with Crippen LogP contribution in [0, 0.1) is 34.0 Å². The Bertz CT molecular complexity index is 748. The zero-order valence-corrected chi connectivity index (χ0v) is 19.2. The van der Waals surface area contributed by atoms with E-state index < -0.39 is 0 Å². The third kappa shape index (κ3) is 2.55. The van der Waals surface area contributed by atoms with E-state index in [9.17, 15) is 0 Å². The Kier molecular flexibility index (Phi) is 4.88. The molecule has 5 aliphatic rings. The third-order valence-electron chi connectivity index (χ3n) is 9.87. The molecule has 3 fully saturated rings. The summed E-state index contributed by atoms with van der Waals surface area (Å²) in [6, 6.07) is 0. The Hall–Kier alpha value is -1.04. The second kappa shape index (κ2) is 6.75. The predicted octanol–water partition coefficient (Wildman–Crippen LogP) is 8.42. The Balaban J connectivity index is 0.000000932. The van der Waals surface area contributed by atoms with Gasteiger partial charge >= 0.3 is 0 Å². The molecule has 1 spiro atoms. The molecular weight excluding hydrogens is 336 g/mol. The van der Waals surface area contributed by atoms with Gasteiger partial charge in [-0.05, 0) is 86.4 Å². The van der Waals surface area contributed by atoms with Gasteiger partial charge < -0.3 is 0 Å². The summed E-state index contributed by atoms with van der Waals surface area (Å²) in [5, 5.41) is 0. The standard InChI is InChI=1S/C26H36.C2H6/c1-17-6-10-24(4)20(14-17)15-19(3)23-21(24)8-11-25(5)22(23)9-13-26(25)12-7-18(2)16-26;1-2/h8,14,19,22-23H,1-2,6-7,9-13,15-16H2,3-5H3;1-2H3/t19-,22?,23?,24?,25?,26-;/m1./s1. The lowest BCUT2D eigenvalue weighted by molar-refractivity contribution is 0.00757. The summed E-state index contributed by atoms with van der Waals surface area (Å²) in [5.41, 5.74) is 7.80. The summed E-state index contributed by atoms with van der Waals surface area (Å²) in [5.74, 6) is 2.50. The Morgan fingerprint density at radius 3 is 2.46 bits per heavy atom. The lowest BCUT2D eigenvalue weighted by Crippen LogP contribution is -2.49. The van der Waals surface area contributed by atoms with E-state index in [0.29, 0.717) is 16.2 Å². The maximum absolute atomic E-state index is 4.38. The van der Waals surface area contributed by atoms with Crippen molar-refractivity contribution in [3.05, 3.63) is 47.6 Å². The first kappa shape index (κ1) is 20.2. The molecule has 0 aliphatic heterocycles. The van der Waals surface area contributed by atoms with Gasteiger partial charge in [0.1, 0.15) is 0 Å². The molecule has 0 N–H and O–H groups in total. The highest BCUT2D eigenvalue weighted by atomic mass is 14.7. The highest BCUT2D eigenvalue weighted by Crippen LogP contribution is 2.72. The monoisotopic (exact) mass is 378 g/mol. The molecule has 0 nitrogen and oxygen atoms in total. The average Bonchev–Trinajstić information content (AvgIpc) is 3.19. The van der Waals surface area contributed by atoms with Crippen molar-refractivity contribution in [3.8, 4) is 0 Å². The first-order valence-electron chi connectivity index (χ1n) is 12.1. The van der Waals surface area contributed by atoms with Crippen LogP contribution >= 0.6 is 0 Å². The van der Waals surface area contributed by atoms with Crippen molar-refractivity contribution in [1.82, 2.24) is 0 Å². The smallest absolute Gasteiger partial charge is 0.0102 e. The van der Waals surface area contributed by atoms with Gasteiger partial charge in [0.05, 0.1) is 0 Å². The Morgan fingerprint density at radius 1 is 1.04 bits per heavy atom. The van der Waals surface area contributed by atoms with Crippen LogP contribution < -0.4 is 0 Å². The first-order chi connectivity index (χ1) is 13.3. The average molecular weight is 379 g/mol. The lowest BCUT2D eigenvalue weighted by atomic mass is 9.47. The maximum Gasteiger partial charge on any atom is 0.0102 e. The normalized spacial score (nSPS) is 46.8. The minimum absolute atomic E-state index is 0.328. The molecule has 0 aromatic carbocycles. The quantitative estimate of drug-likeness (QED) is 0.371. The van der Waals surface area contributed by atoms with Gasteiger partial charge in [0.15, 0.2) is 0 Å². The van der Waals surface area contributed by atoms with E-state index >= 15 is 0 Å². The molecule has 0 saturated heterocycles. The zero-order chi connectivity index (χ0) is 20.3. The van der Waals surface area contributed by atoms with Crippen LogP contribution in [0.4, 0.5) is 0 Å². The number of hydrogen-bond acceptors (Lipinski definition) is 0. The van der Waals surface area contributed by atoms with Gasteiger partial charge in [0.25, 0.3) is 0 Å². The summed E-state index contributed by atoms with van der Waals surface area (Å²) in [6.45, 7) is 20.4. The van der Waals surface area contributed by atoms with Gasteiger partial charge in [-0.2, -0.15) is 0 Å². The van der Waals surface area contributed by atoms with Gasteiger partial charge in [0.2, 0.25) is 0 Å². The van der Waals surface area contributed by atoms with Gasteiger partial charge in [-0.25, -0.2) is 0 Å². The van der Waals surface area contributed by atoms with Crippen LogP contribution in [0.3, 0.4) is 0 Å². The van der Waals surface area contributed by atoms with Crippen LogP contribution in [0.25, 0.3) is 0 Å². The number of allylic oxidation sites excluding steroid dienone is 6. The van der Waals surface area contributed by atoms with E-state index in [-0.39, 0.29) is 0 Å². The molecule has 0 heteroatoms. The molecular formula is C28H42. The van der Waals surface area contributed by atoms with Crippen LogP contribution in [0.15, 0.2) is 47.6 Å². The molecule has 0 aromatic heterocycles. The molecule has 154 valence electrons. The van der Waals surface area contributed by atoms with E-state index in [1.165, 1.54) is 68.9 Å². The highest BCUT2D eigenvalue weighted by molar-refractivity contribution is 5.44. The molecule has 6 atom stereocenters. The Morgan fingerprint density at radius 2 is 1.79 bits per heavy atom. The second-order valence-electron chi connectivity index (χ2n) is 11.0. The van der Waals surface area contributed by atoms with Crippen molar-refractivity contribution in [2.45, 2.75) is 92.4 Å². The minimum Gasteiger partial charge on any atom is -0.0998 e. The molecule has 0 aromatic rings. The lowest BCUT2D eigenvalue weighted by Gasteiger charge is -2.57. The van der Waals surface area contributed by atoms with Gasteiger partial charge in [-0.1, -0.05) is 82.2 Å². The summed E-state index contributed by atoms with van der Waals surface area (Å²) in [6.07, 6.45) is 17.2. The largest absolute Gasteiger partial charge is 0.0998 e. The van der Waals surface area contributed by atoms with E-state index in [0.717, 1.165) is 17.8 Å². The van der Waals surface area contributed by atoms with Crippen molar-refractivity contribution >= 4 is 0 Å². The van der Waals surface area contributed by atoms with Gasteiger partial charge in [-0.15, -0.1) is 0 Å². The predicted molar refractivity (Wildman–Crippen MR) is 122 cm³/mol. The van der Waals surface area contributed by atoms with E-state index in [2.05, 4.69) is 46.1 Å². The molecule has 3 saturated carbocycles. The van der Waals surface area contributed by atoms with Crippen LogP contribution in [0.2, 0.25) is 0 Å². The van der Waals surface area contributed by atoms with Crippen molar-refractivity contribution in [2.24, 2.45) is 34.0 Å². The fourth-order valence-electron chi connectivity index (χ4n) is 8.25. The van der Waals surface area contributed by atoms with Gasteiger partial charge in [0, 0.05) is 5.41 Å². The molecule has 4 unspecified atom stereocenters. The molecule has 0 heterocycles. The molecule has 28 heavy (non-hydrogen) atoms. The van der Waals surface area contributed by atoms with Crippen molar-refractivity contribution in [2.75, 3.05) is 0 Å². The third-order valence-corrected chi connectivity index (χ3v) is 9.87. The fourth-order valence-corrected chi connectivity index (χ4v) is 8.25. The Labute approximate surface area is 174 Å². The summed E-state index contributed by atoms with van der Waals surface area (Å²) in [4.78, 5) is 0. The summed E-state index contributed by atoms with van der Waals surface area (Å²) >= 11 is 0. The van der Waals surface area contributed by atoms with E-state index in [4.69, 9.17) is 0 Å². The SMILES string of the molecule is C=C1C=C2C[C@@H](C)C3C(=CCC4(C)C3CC[C@@]43CCC(=C)C3)C2(C)CC1.CC. The molecule has 0 bridgehead atoms. The molecule has 5 aliphatic carbocycles. The van der Waals surface area contributed by atoms with Crippen molar-refractivity contribution < 1.29 is 0 Å². The summed E-state index contributed by atoms with van der Waals surface area (Å²) < 4.78 is 0. The maximum atomic E-state index is 4.38. The highest BCUT2D eigenvalue weighted by Gasteiger charge is 2.63. The summed E-state index contributed by atoms with van der Waals surface area (Å²) in [7, 11) is 0. The minimum atomic E-state index is 0.328. The zero-order valence-electron chi connectivity index (χ0n) is 19.2. The number of rotatable bonds is 0. The topological polar surface area (TPSA) is 0 Å². The van der Waals surface area contributed by atoms with E-state index in [1.54, 1.807) is 5.57 Å².